The predicted octanol–water partition coefficient (Wildman–Crippen LogP) is 1.68. The molecule has 10 nitrogen and oxygen atoms in total. The maximum atomic E-state index is 13.3. The minimum atomic E-state index is -4.65. The lowest BCUT2D eigenvalue weighted by molar-refractivity contribution is -0.141. The fourth-order valence-corrected chi connectivity index (χ4v) is 4.91. The molecule has 36 heavy (non-hydrogen) atoms. The third-order valence-electron chi connectivity index (χ3n) is 5.86. The standard InChI is InChI=1S/C22H18F3N3O7S/c1-36(34,35)13-5-11-4-12(10-2-3-15(26-7-10)22(23,24)25)9-28-18(11)14(6-13)19(31)17(21(28)33)20(32)27-8-16(29)30/h2-3,5-7,12,31H,4,8-9H2,1H3,(H,27,32)(H,29,30). The van der Waals surface area contributed by atoms with E-state index in [1.165, 1.54) is 12.1 Å². The Morgan fingerprint density at radius 3 is 2.50 bits per heavy atom. The summed E-state index contributed by atoms with van der Waals surface area (Å²) in [5.41, 5.74) is -2.05. The van der Waals surface area contributed by atoms with E-state index in [-0.39, 0.29) is 28.8 Å². The van der Waals surface area contributed by atoms with Crippen molar-refractivity contribution in [2.45, 2.75) is 30.0 Å². The van der Waals surface area contributed by atoms with Gasteiger partial charge in [-0.3, -0.25) is 19.4 Å². The summed E-state index contributed by atoms with van der Waals surface area (Å²) in [5, 5.41) is 21.5. The molecule has 1 unspecified atom stereocenters. The third kappa shape index (κ3) is 4.51. The van der Waals surface area contributed by atoms with Crippen molar-refractivity contribution in [3.63, 3.8) is 0 Å². The van der Waals surface area contributed by atoms with E-state index in [9.17, 15) is 41.1 Å². The zero-order valence-corrected chi connectivity index (χ0v) is 19.3. The summed E-state index contributed by atoms with van der Waals surface area (Å²) in [6, 6.07) is 4.40. The van der Waals surface area contributed by atoms with Crippen LogP contribution in [0.25, 0.3) is 10.9 Å². The summed E-state index contributed by atoms with van der Waals surface area (Å²) >= 11 is 0. The normalized spacial score (nSPS) is 15.6. The van der Waals surface area contributed by atoms with E-state index in [1.54, 1.807) is 0 Å². The molecule has 4 rings (SSSR count). The molecule has 3 heterocycles. The highest BCUT2D eigenvalue weighted by molar-refractivity contribution is 7.90. The number of aliphatic carboxylic acids is 1. The van der Waals surface area contributed by atoms with Crippen LogP contribution in [0.3, 0.4) is 0 Å². The smallest absolute Gasteiger partial charge is 0.433 e. The number of carbonyl (C=O) groups is 2. The number of pyridine rings is 2. The monoisotopic (exact) mass is 525 g/mol. The number of nitrogens with zero attached hydrogens (tertiary/aromatic N) is 2. The first-order valence-corrected chi connectivity index (χ1v) is 12.2. The molecular weight excluding hydrogens is 507 g/mol. The number of carboxylic acids is 1. The van der Waals surface area contributed by atoms with Gasteiger partial charge in [-0.1, -0.05) is 6.07 Å². The fraction of sp³-hybridized carbons (Fsp3) is 0.273. The number of hydrogen-bond donors (Lipinski definition) is 3. The number of alkyl halides is 3. The van der Waals surface area contributed by atoms with Gasteiger partial charge in [0.05, 0.1) is 10.4 Å². The Hall–Kier alpha value is -3.94. The number of halogens is 3. The van der Waals surface area contributed by atoms with Crippen molar-refractivity contribution in [1.29, 1.82) is 0 Å². The van der Waals surface area contributed by atoms with Crippen molar-refractivity contribution in [2.24, 2.45) is 0 Å². The zero-order chi connectivity index (χ0) is 26.6. The molecule has 1 aliphatic heterocycles. The molecule has 1 aromatic carbocycles. The number of carbonyl (C=O) groups excluding carboxylic acids is 1. The minimum absolute atomic E-state index is 0.107. The van der Waals surface area contributed by atoms with E-state index in [0.29, 0.717) is 11.1 Å². The van der Waals surface area contributed by atoms with Crippen molar-refractivity contribution < 1.29 is 41.4 Å². The number of aromatic nitrogens is 2. The largest absolute Gasteiger partial charge is 0.506 e. The predicted molar refractivity (Wildman–Crippen MR) is 119 cm³/mol. The van der Waals surface area contributed by atoms with Crippen LogP contribution in [0.15, 0.2) is 40.2 Å². The van der Waals surface area contributed by atoms with Crippen LogP contribution in [0.5, 0.6) is 5.75 Å². The molecule has 0 saturated carbocycles. The summed E-state index contributed by atoms with van der Waals surface area (Å²) in [7, 11) is -3.82. The SMILES string of the molecule is CS(=O)(=O)c1cc2c3c(c1)c(O)c(C(=O)NCC(=O)O)c(=O)n3CC(c1ccc(C(F)(F)F)nc1)C2. The molecule has 0 radical (unpaired) electrons. The minimum Gasteiger partial charge on any atom is -0.506 e. The quantitative estimate of drug-likeness (QED) is 0.454. The van der Waals surface area contributed by atoms with Crippen LogP contribution in [-0.4, -0.2) is 52.9 Å². The Labute approximate surface area is 200 Å². The molecule has 0 saturated heterocycles. The molecule has 190 valence electrons. The molecule has 3 N–H and O–H groups in total. The number of rotatable bonds is 5. The van der Waals surface area contributed by atoms with Gasteiger partial charge in [-0.25, -0.2) is 8.42 Å². The second-order valence-electron chi connectivity index (χ2n) is 8.34. The first-order chi connectivity index (χ1) is 16.7. The second-order valence-corrected chi connectivity index (χ2v) is 10.4. The molecule has 1 atom stereocenters. The maximum Gasteiger partial charge on any atom is 0.433 e. The number of nitrogens with one attached hydrogen (secondary N) is 1. The zero-order valence-electron chi connectivity index (χ0n) is 18.5. The second kappa shape index (κ2) is 8.62. The highest BCUT2D eigenvalue weighted by Gasteiger charge is 2.34. The third-order valence-corrected chi connectivity index (χ3v) is 6.95. The molecule has 14 heteroatoms. The Kier molecular flexibility index (Phi) is 6.02. The highest BCUT2D eigenvalue weighted by atomic mass is 32.2. The average molecular weight is 525 g/mol. The van der Waals surface area contributed by atoms with E-state index in [4.69, 9.17) is 5.11 Å². The Morgan fingerprint density at radius 1 is 1.25 bits per heavy atom. The fourth-order valence-electron chi connectivity index (χ4n) is 4.22. The lowest BCUT2D eigenvalue weighted by atomic mass is 9.88. The van der Waals surface area contributed by atoms with Gasteiger partial charge in [0.25, 0.3) is 11.5 Å². The van der Waals surface area contributed by atoms with Crippen molar-refractivity contribution >= 4 is 32.6 Å². The van der Waals surface area contributed by atoms with Crippen molar-refractivity contribution in [3.8, 4) is 5.75 Å². The summed E-state index contributed by atoms with van der Waals surface area (Å²) in [6.45, 7) is -0.961. The number of carboxylic acid groups (broad SMARTS) is 1. The number of benzene rings is 1. The topological polar surface area (TPSA) is 156 Å². The van der Waals surface area contributed by atoms with Crippen molar-refractivity contribution in [2.75, 3.05) is 12.8 Å². The Balaban J connectivity index is 1.92. The van der Waals surface area contributed by atoms with Gasteiger partial charge in [-0.15, -0.1) is 0 Å². The Morgan fingerprint density at radius 2 is 1.94 bits per heavy atom. The molecular formula is C22H18F3N3O7S. The van der Waals surface area contributed by atoms with Gasteiger partial charge in [-0.05, 0) is 35.7 Å². The number of sulfone groups is 1. The van der Waals surface area contributed by atoms with Gasteiger partial charge in [0.1, 0.15) is 23.6 Å². The molecule has 0 bridgehead atoms. The van der Waals surface area contributed by atoms with Crippen LogP contribution in [0, 0.1) is 0 Å². The Bertz CT molecular complexity index is 1580. The van der Waals surface area contributed by atoms with Gasteiger partial charge in [0.2, 0.25) is 0 Å². The van der Waals surface area contributed by atoms with E-state index in [0.717, 1.165) is 29.2 Å². The van der Waals surface area contributed by atoms with Crippen LogP contribution >= 0.6 is 0 Å². The lowest BCUT2D eigenvalue weighted by Gasteiger charge is -2.28. The van der Waals surface area contributed by atoms with Crippen molar-refractivity contribution in [3.05, 3.63) is 63.2 Å². The van der Waals surface area contributed by atoms with Crippen LogP contribution in [-0.2, 0) is 33.8 Å². The molecule has 2 aromatic heterocycles. The van der Waals surface area contributed by atoms with Gasteiger partial charge in [-0.2, -0.15) is 13.2 Å². The van der Waals surface area contributed by atoms with Crippen LogP contribution < -0.4 is 10.9 Å². The maximum absolute atomic E-state index is 13.3. The summed E-state index contributed by atoms with van der Waals surface area (Å²) in [6.07, 6.45) is -2.60. The summed E-state index contributed by atoms with van der Waals surface area (Å²) < 4.78 is 64.5. The highest BCUT2D eigenvalue weighted by Crippen LogP contribution is 2.38. The van der Waals surface area contributed by atoms with E-state index in [1.807, 2.05) is 5.32 Å². The van der Waals surface area contributed by atoms with Gasteiger partial charge >= 0.3 is 12.1 Å². The first kappa shape index (κ1) is 25.2. The summed E-state index contributed by atoms with van der Waals surface area (Å²) in [4.78, 5) is 39.9. The van der Waals surface area contributed by atoms with Gasteiger partial charge in [0, 0.05) is 30.3 Å². The van der Waals surface area contributed by atoms with E-state index in [2.05, 4.69) is 4.98 Å². The molecule has 0 spiro atoms. The molecule has 0 fully saturated rings. The van der Waals surface area contributed by atoms with E-state index < -0.39 is 62.9 Å². The molecule has 1 amide bonds. The number of aromatic hydroxyl groups is 1. The van der Waals surface area contributed by atoms with E-state index >= 15 is 0 Å². The molecule has 0 aliphatic carbocycles. The molecule has 1 aliphatic rings. The molecule has 3 aromatic rings. The van der Waals surface area contributed by atoms with Gasteiger partial charge < -0.3 is 20.1 Å². The number of hydrogen-bond acceptors (Lipinski definition) is 7. The first-order valence-electron chi connectivity index (χ1n) is 10.3. The van der Waals surface area contributed by atoms with Crippen LogP contribution in [0.2, 0.25) is 0 Å². The summed E-state index contributed by atoms with van der Waals surface area (Å²) in [5.74, 6) is -4.02. The van der Waals surface area contributed by atoms with Gasteiger partial charge in [0.15, 0.2) is 9.84 Å². The average Bonchev–Trinajstić information content (AvgIpc) is 2.79. The van der Waals surface area contributed by atoms with Crippen LogP contribution in [0.4, 0.5) is 13.2 Å². The number of amides is 1. The van der Waals surface area contributed by atoms with Crippen molar-refractivity contribution in [1.82, 2.24) is 14.9 Å². The lowest BCUT2D eigenvalue weighted by Crippen LogP contribution is -2.37. The van der Waals surface area contributed by atoms with Crippen LogP contribution in [0.1, 0.15) is 33.1 Å².